The molecule has 0 aromatic carbocycles. The van der Waals surface area contributed by atoms with Crippen LogP contribution in [0.25, 0.3) is 21.5 Å². The molecule has 6 heteroatoms. The lowest BCUT2D eigenvalue weighted by atomic mass is 9.87. The normalized spacial score (nSPS) is 19.8. The van der Waals surface area contributed by atoms with Crippen molar-refractivity contribution in [3.8, 4) is 11.3 Å². The standard InChI is InChI=1S/C22H24N2O3S/c1-13-5-6-15-17(12-13)28-21-19(15)20(16-4-3-9-27-16)18(14(2)23-21)22(25)24-7-10-26-11-8-24/h3-4,9,13H,5-8,10-12H2,1-2H3/t13-/m0/s1. The van der Waals surface area contributed by atoms with Crippen LogP contribution >= 0.6 is 11.3 Å². The Morgan fingerprint density at radius 1 is 1.32 bits per heavy atom. The van der Waals surface area contributed by atoms with E-state index in [4.69, 9.17) is 14.1 Å². The number of ether oxygens (including phenoxy) is 1. The summed E-state index contributed by atoms with van der Waals surface area (Å²) in [4.78, 5) is 22.7. The lowest BCUT2D eigenvalue weighted by Gasteiger charge is -2.28. The van der Waals surface area contributed by atoms with Crippen molar-refractivity contribution >= 4 is 27.5 Å². The molecule has 0 unspecified atom stereocenters. The zero-order valence-electron chi connectivity index (χ0n) is 16.3. The van der Waals surface area contributed by atoms with Gasteiger partial charge in [-0.2, -0.15) is 0 Å². The Labute approximate surface area is 168 Å². The van der Waals surface area contributed by atoms with Crippen molar-refractivity contribution in [3.05, 3.63) is 40.1 Å². The quantitative estimate of drug-likeness (QED) is 0.642. The second-order valence-electron chi connectivity index (χ2n) is 7.86. The molecule has 1 fully saturated rings. The van der Waals surface area contributed by atoms with Gasteiger partial charge in [-0.25, -0.2) is 4.98 Å². The molecule has 28 heavy (non-hydrogen) atoms. The number of aromatic nitrogens is 1. The van der Waals surface area contributed by atoms with Crippen LogP contribution in [-0.2, 0) is 17.6 Å². The maximum atomic E-state index is 13.5. The first-order valence-electron chi connectivity index (χ1n) is 9.99. The molecule has 0 N–H and O–H groups in total. The molecule has 146 valence electrons. The summed E-state index contributed by atoms with van der Waals surface area (Å²) in [5.41, 5.74) is 3.76. The highest BCUT2D eigenvalue weighted by Gasteiger charge is 2.31. The zero-order chi connectivity index (χ0) is 19.3. The number of aryl methyl sites for hydroxylation is 2. The number of hydrogen-bond acceptors (Lipinski definition) is 5. The number of morpholine rings is 1. The van der Waals surface area contributed by atoms with E-state index < -0.39 is 0 Å². The van der Waals surface area contributed by atoms with Gasteiger partial charge in [0.05, 0.1) is 30.7 Å². The SMILES string of the molecule is Cc1nc2sc3c(c2c(-c2ccco2)c1C(=O)N1CCOCC1)CC[C@H](C)C3. The number of rotatable bonds is 2. The summed E-state index contributed by atoms with van der Waals surface area (Å²) in [6.45, 7) is 6.67. The first kappa shape index (κ1) is 17.9. The number of thiophene rings is 1. The van der Waals surface area contributed by atoms with Gasteiger partial charge in [-0.3, -0.25) is 4.79 Å². The van der Waals surface area contributed by atoms with Crippen molar-refractivity contribution in [1.29, 1.82) is 0 Å². The topological polar surface area (TPSA) is 55.6 Å². The average molecular weight is 397 g/mol. The predicted octanol–water partition coefficient (Wildman–Crippen LogP) is 4.46. The first-order chi connectivity index (χ1) is 13.6. The van der Waals surface area contributed by atoms with Crippen LogP contribution in [0.4, 0.5) is 0 Å². The van der Waals surface area contributed by atoms with Crippen LogP contribution in [0.15, 0.2) is 22.8 Å². The van der Waals surface area contributed by atoms with Crippen molar-refractivity contribution in [3.63, 3.8) is 0 Å². The molecule has 1 atom stereocenters. The molecule has 2 aliphatic rings. The summed E-state index contributed by atoms with van der Waals surface area (Å²) < 4.78 is 11.3. The van der Waals surface area contributed by atoms with Crippen LogP contribution in [0, 0.1) is 12.8 Å². The van der Waals surface area contributed by atoms with Gasteiger partial charge in [-0.1, -0.05) is 6.92 Å². The van der Waals surface area contributed by atoms with Gasteiger partial charge in [0.2, 0.25) is 0 Å². The van der Waals surface area contributed by atoms with E-state index >= 15 is 0 Å². The molecular weight excluding hydrogens is 372 g/mol. The first-order valence-corrected chi connectivity index (χ1v) is 10.8. The molecule has 1 aliphatic carbocycles. The molecule has 1 saturated heterocycles. The van der Waals surface area contributed by atoms with Gasteiger partial charge >= 0.3 is 0 Å². The zero-order valence-corrected chi connectivity index (χ0v) is 17.1. The number of carbonyl (C=O) groups excluding carboxylic acids is 1. The predicted molar refractivity (Wildman–Crippen MR) is 110 cm³/mol. The Morgan fingerprint density at radius 3 is 2.89 bits per heavy atom. The van der Waals surface area contributed by atoms with Crippen LogP contribution in [0.1, 0.15) is 39.8 Å². The number of furan rings is 1. The summed E-state index contributed by atoms with van der Waals surface area (Å²) in [5, 5.41) is 1.13. The molecule has 0 saturated carbocycles. The minimum atomic E-state index is 0.0331. The second kappa shape index (κ2) is 7.01. The Balaban J connectivity index is 1.76. The van der Waals surface area contributed by atoms with Crippen LogP contribution in [0.2, 0.25) is 0 Å². The fourth-order valence-electron chi connectivity index (χ4n) is 4.44. The summed E-state index contributed by atoms with van der Waals surface area (Å²) >= 11 is 1.79. The molecule has 3 aromatic rings. The van der Waals surface area contributed by atoms with Gasteiger partial charge in [0.1, 0.15) is 10.6 Å². The Hall–Kier alpha value is -2.18. The molecule has 5 nitrogen and oxygen atoms in total. The Bertz CT molecular complexity index is 1030. The van der Waals surface area contributed by atoms with E-state index in [1.807, 2.05) is 24.0 Å². The van der Waals surface area contributed by atoms with Crippen LogP contribution in [0.3, 0.4) is 0 Å². The maximum absolute atomic E-state index is 13.5. The van der Waals surface area contributed by atoms with Crippen LogP contribution in [-0.4, -0.2) is 42.1 Å². The third-order valence-electron chi connectivity index (χ3n) is 5.90. The van der Waals surface area contributed by atoms with Crippen molar-refractivity contribution in [2.24, 2.45) is 5.92 Å². The van der Waals surface area contributed by atoms with Gasteiger partial charge in [0, 0.05) is 28.9 Å². The third-order valence-corrected chi connectivity index (χ3v) is 7.05. The number of amides is 1. The van der Waals surface area contributed by atoms with E-state index in [0.29, 0.717) is 37.8 Å². The minimum Gasteiger partial charge on any atom is -0.464 e. The minimum absolute atomic E-state index is 0.0331. The van der Waals surface area contributed by atoms with E-state index in [1.165, 1.54) is 16.9 Å². The Morgan fingerprint density at radius 2 is 2.14 bits per heavy atom. The number of hydrogen-bond donors (Lipinski definition) is 0. The van der Waals surface area contributed by atoms with E-state index in [2.05, 4.69) is 6.92 Å². The lowest BCUT2D eigenvalue weighted by Crippen LogP contribution is -2.41. The highest BCUT2D eigenvalue weighted by atomic mass is 32.1. The van der Waals surface area contributed by atoms with Gasteiger partial charge in [-0.15, -0.1) is 11.3 Å². The summed E-state index contributed by atoms with van der Waals surface area (Å²) in [7, 11) is 0. The largest absolute Gasteiger partial charge is 0.464 e. The second-order valence-corrected chi connectivity index (χ2v) is 8.94. The molecule has 1 amide bonds. The van der Waals surface area contributed by atoms with Crippen molar-refractivity contribution in [2.45, 2.75) is 33.1 Å². The summed E-state index contributed by atoms with van der Waals surface area (Å²) in [5.74, 6) is 1.49. The van der Waals surface area contributed by atoms with Gasteiger partial charge in [-0.05, 0) is 49.8 Å². The molecule has 1 aliphatic heterocycles. The van der Waals surface area contributed by atoms with E-state index in [9.17, 15) is 4.79 Å². The van der Waals surface area contributed by atoms with E-state index in [-0.39, 0.29) is 5.91 Å². The summed E-state index contributed by atoms with van der Waals surface area (Å²) in [6.07, 6.45) is 5.00. The molecule has 0 spiro atoms. The fourth-order valence-corrected chi connectivity index (χ4v) is 5.88. The monoisotopic (exact) mass is 396 g/mol. The van der Waals surface area contributed by atoms with E-state index in [1.54, 1.807) is 17.6 Å². The smallest absolute Gasteiger partial charge is 0.256 e. The fraction of sp³-hybridized carbons (Fsp3) is 0.455. The molecular formula is C22H24N2O3S. The number of fused-ring (bicyclic) bond motifs is 3. The molecule has 3 aromatic heterocycles. The average Bonchev–Trinajstić information content (AvgIpc) is 3.34. The molecule has 0 bridgehead atoms. The number of pyridine rings is 1. The number of carbonyl (C=O) groups is 1. The van der Waals surface area contributed by atoms with Gasteiger partial charge in [0.15, 0.2) is 0 Å². The highest BCUT2D eigenvalue weighted by Crippen LogP contribution is 2.44. The van der Waals surface area contributed by atoms with Crippen molar-refractivity contribution in [2.75, 3.05) is 26.3 Å². The maximum Gasteiger partial charge on any atom is 0.256 e. The summed E-state index contributed by atoms with van der Waals surface area (Å²) in [6, 6.07) is 3.85. The van der Waals surface area contributed by atoms with Crippen molar-refractivity contribution in [1.82, 2.24) is 9.88 Å². The Kier molecular flexibility index (Phi) is 4.48. The van der Waals surface area contributed by atoms with Crippen LogP contribution < -0.4 is 0 Å². The third kappa shape index (κ3) is 2.86. The van der Waals surface area contributed by atoms with Gasteiger partial charge in [0.25, 0.3) is 5.91 Å². The highest BCUT2D eigenvalue weighted by molar-refractivity contribution is 7.19. The van der Waals surface area contributed by atoms with E-state index in [0.717, 1.165) is 40.1 Å². The number of nitrogens with zero attached hydrogens (tertiary/aromatic N) is 2. The van der Waals surface area contributed by atoms with Gasteiger partial charge < -0.3 is 14.1 Å². The molecule has 4 heterocycles. The van der Waals surface area contributed by atoms with Crippen LogP contribution in [0.5, 0.6) is 0 Å². The van der Waals surface area contributed by atoms with Crippen molar-refractivity contribution < 1.29 is 13.9 Å². The molecule has 5 rings (SSSR count). The lowest BCUT2D eigenvalue weighted by molar-refractivity contribution is 0.0302. The molecule has 0 radical (unpaired) electrons.